The van der Waals surface area contributed by atoms with Gasteiger partial charge < -0.3 is 14.8 Å². The Morgan fingerprint density at radius 1 is 1.20 bits per heavy atom. The third kappa shape index (κ3) is 6.68. The number of ether oxygens (including phenoxy) is 2. The molecule has 1 unspecified atom stereocenters. The smallest absolute Gasteiger partial charge is 0.429 e. The maximum atomic E-state index is 13.8. The van der Waals surface area contributed by atoms with Gasteiger partial charge in [0.2, 0.25) is 6.10 Å². The summed E-state index contributed by atoms with van der Waals surface area (Å²) in [6, 6.07) is 8.00. The predicted octanol–water partition coefficient (Wildman–Crippen LogP) is 5.74. The van der Waals surface area contributed by atoms with Crippen LogP contribution in [0, 0.1) is 0 Å². The molecule has 7 nitrogen and oxygen atoms in total. The molecule has 4 rings (SSSR count). The van der Waals surface area contributed by atoms with Crippen LogP contribution < -0.4 is 15.4 Å². The van der Waals surface area contributed by atoms with Gasteiger partial charge in [-0.2, -0.15) is 13.2 Å². The molecule has 1 saturated heterocycles. The first-order valence-electron chi connectivity index (χ1n) is 10.6. The number of hydrogen-bond donors (Lipinski definition) is 2. The van der Waals surface area contributed by atoms with Gasteiger partial charge in [-0.05, 0) is 30.3 Å². The van der Waals surface area contributed by atoms with Crippen LogP contribution in [0.3, 0.4) is 0 Å². The lowest BCUT2D eigenvalue weighted by Gasteiger charge is -2.26. The molecule has 1 aliphatic rings. The minimum absolute atomic E-state index is 0.0408. The summed E-state index contributed by atoms with van der Waals surface area (Å²) in [5, 5.41) is 5.43. The molecule has 1 fully saturated rings. The Balaban J connectivity index is 1.42. The Hall–Kier alpha value is -2.31. The van der Waals surface area contributed by atoms with E-state index in [0.29, 0.717) is 41.7 Å². The fourth-order valence-corrected chi connectivity index (χ4v) is 5.00. The highest BCUT2D eigenvalue weighted by Crippen LogP contribution is 2.43. The van der Waals surface area contributed by atoms with E-state index < -0.39 is 18.3 Å². The van der Waals surface area contributed by atoms with E-state index in [9.17, 15) is 18.0 Å². The number of carbonyl (C=O) groups excluding carboxylic acids is 1. The van der Waals surface area contributed by atoms with Crippen molar-refractivity contribution in [3.8, 4) is 5.75 Å². The Labute approximate surface area is 213 Å². The van der Waals surface area contributed by atoms with E-state index in [-0.39, 0.29) is 21.4 Å². The first kappa shape index (κ1) is 25.8. The van der Waals surface area contributed by atoms with Crippen LogP contribution in [0.15, 0.2) is 36.4 Å². The first-order chi connectivity index (χ1) is 16.7. The molecule has 13 heteroatoms. The molecule has 2 heterocycles. The van der Waals surface area contributed by atoms with Gasteiger partial charge in [0.05, 0.1) is 23.4 Å². The average molecular weight is 549 g/mol. The number of halogens is 5. The second-order valence-electron chi connectivity index (χ2n) is 7.66. The lowest BCUT2D eigenvalue weighted by atomic mass is 10.1. The van der Waals surface area contributed by atoms with Crippen LogP contribution in [0.4, 0.5) is 23.1 Å². The number of nitrogens with zero attached hydrogens (tertiary/aromatic N) is 2. The van der Waals surface area contributed by atoms with Gasteiger partial charge in [0.1, 0.15) is 5.75 Å². The van der Waals surface area contributed by atoms with Crippen molar-refractivity contribution < 1.29 is 27.4 Å². The monoisotopic (exact) mass is 548 g/mol. The highest BCUT2D eigenvalue weighted by Gasteiger charge is 2.45. The molecule has 1 aliphatic heterocycles. The van der Waals surface area contributed by atoms with Crippen molar-refractivity contribution in [2.75, 3.05) is 44.7 Å². The van der Waals surface area contributed by atoms with Gasteiger partial charge in [0, 0.05) is 41.8 Å². The number of benzene rings is 2. The molecule has 35 heavy (non-hydrogen) atoms. The van der Waals surface area contributed by atoms with Gasteiger partial charge in [-0.25, -0.2) is 9.78 Å². The first-order valence-corrected chi connectivity index (χ1v) is 12.2. The molecular weight excluding hydrogens is 528 g/mol. The van der Waals surface area contributed by atoms with Crippen LogP contribution in [-0.2, 0) is 4.74 Å². The van der Waals surface area contributed by atoms with Gasteiger partial charge in [0.15, 0.2) is 5.13 Å². The maximum absolute atomic E-state index is 13.8. The molecule has 1 atom stereocenters. The van der Waals surface area contributed by atoms with Crippen molar-refractivity contribution in [2.45, 2.75) is 12.3 Å². The number of fused-ring (bicyclic) bond motifs is 1. The van der Waals surface area contributed by atoms with E-state index in [1.54, 1.807) is 0 Å². The van der Waals surface area contributed by atoms with Crippen LogP contribution in [0.25, 0.3) is 10.2 Å². The third-order valence-corrected chi connectivity index (χ3v) is 6.80. The molecule has 1 aromatic heterocycles. The summed E-state index contributed by atoms with van der Waals surface area (Å²) >= 11 is 13.1. The number of alkyl halides is 3. The SMILES string of the molecule is O=C(NCCN1CCOCC1)Nc1nc2ccc(OC(c3c(Cl)cccc3Cl)C(F)(F)F)cc2s1. The molecule has 0 saturated carbocycles. The Bertz CT molecular complexity index is 1170. The number of carbonyl (C=O) groups is 1. The fourth-order valence-electron chi connectivity index (χ4n) is 3.51. The van der Waals surface area contributed by atoms with Gasteiger partial charge in [0.25, 0.3) is 0 Å². The summed E-state index contributed by atoms with van der Waals surface area (Å²) in [6.45, 7) is 4.16. The Morgan fingerprint density at radius 3 is 2.60 bits per heavy atom. The molecule has 188 valence electrons. The number of anilines is 1. The zero-order valence-corrected chi connectivity index (χ0v) is 20.5. The number of morpholine rings is 1. The molecule has 2 amide bonds. The summed E-state index contributed by atoms with van der Waals surface area (Å²) in [4.78, 5) is 18.7. The van der Waals surface area contributed by atoms with E-state index in [1.807, 2.05) is 0 Å². The number of amides is 2. The van der Waals surface area contributed by atoms with Gasteiger partial charge in [-0.3, -0.25) is 10.2 Å². The second-order valence-corrected chi connectivity index (χ2v) is 9.50. The maximum Gasteiger partial charge on any atom is 0.429 e. The molecule has 0 spiro atoms. The molecule has 0 radical (unpaired) electrons. The molecule has 2 N–H and O–H groups in total. The number of urea groups is 1. The fraction of sp³-hybridized carbons (Fsp3) is 0.364. The summed E-state index contributed by atoms with van der Waals surface area (Å²) in [6.07, 6.45) is -7.12. The highest BCUT2D eigenvalue weighted by molar-refractivity contribution is 7.22. The summed E-state index contributed by atoms with van der Waals surface area (Å²) < 4.78 is 52.6. The molecule has 0 bridgehead atoms. The van der Waals surface area contributed by atoms with Crippen molar-refractivity contribution in [2.24, 2.45) is 0 Å². The minimum Gasteiger partial charge on any atom is -0.476 e. The van der Waals surface area contributed by atoms with E-state index in [0.717, 1.165) is 24.4 Å². The van der Waals surface area contributed by atoms with Crippen molar-refractivity contribution in [1.82, 2.24) is 15.2 Å². The van der Waals surface area contributed by atoms with Crippen molar-refractivity contribution in [3.05, 3.63) is 52.0 Å². The van der Waals surface area contributed by atoms with Crippen LogP contribution in [0.5, 0.6) is 5.75 Å². The highest BCUT2D eigenvalue weighted by atomic mass is 35.5. The van der Waals surface area contributed by atoms with E-state index in [2.05, 4.69) is 20.5 Å². The summed E-state index contributed by atoms with van der Waals surface area (Å²) in [5.41, 5.74) is 0.147. The van der Waals surface area contributed by atoms with E-state index in [1.165, 1.54) is 36.4 Å². The Kier molecular flexibility index (Phi) is 8.23. The standard InChI is InChI=1S/C22H21Cl2F3N4O3S/c23-14-2-1-3-15(24)18(14)19(22(25,26)27)34-13-4-5-16-17(12-13)35-21(29-16)30-20(32)28-6-7-31-8-10-33-11-9-31/h1-5,12,19H,6-11H2,(H2,28,29,30,32). The minimum atomic E-state index is -4.76. The topological polar surface area (TPSA) is 75.7 Å². The predicted molar refractivity (Wildman–Crippen MR) is 130 cm³/mol. The zero-order chi connectivity index (χ0) is 25.0. The summed E-state index contributed by atoms with van der Waals surface area (Å²) in [5.74, 6) is -0.0408. The number of thiazole rings is 1. The van der Waals surface area contributed by atoms with Crippen molar-refractivity contribution in [3.63, 3.8) is 0 Å². The van der Waals surface area contributed by atoms with E-state index >= 15 is 0 Å². The van der Waals surface area contributed by atoms with Gasteiger partial charge in [-0.15, -0.1) is 0 Å². The van der Waals surface area contributed by atoms with E-state index in [4.69, 9.17) is 32.7 Å². The van der Waals surface area contributed by atoms with Crippen LogP contribution in [-0.4, -0.2) is 61.5 Å². The quantitative estimate of drug-likeness (QED) is 0.393. The normalized spacial score (nSPS) is 15.7. The van der Waals surface area contributed by atoms with Crippen molar-refractivity contribution in [1.29, 1.82) is 0 Å². The van der Waals surface area contributed by atoms with Crippen LogP contribution in [0.1, 0.15) is 11.7 Å². The number of hydrogen-bond acceptors (Lipinski definition) is 6. The largest absolute Gasteiger partial charge is 0.476 e. The number of rotatable bonds is 7. The third-order valence-electron chi connectivity index (χ3n) is 5.21. The molecule has 2 aromatic carbocycles. The molecule has 3 aromatic rings. The molecular formula is C22H21Cl2F3N4O3S. The second kappa shape index (κ2) is 11.2. The molecule has 0 aliphatic carbocycles. The van der Waals surface area contributed by atoms with Gasteiger partial charge >= 0.3 is 12.2 Å². The van der Waals surface area contributed by atoms with Crippen LogP contribution >= 0.6 is 34.5 Å². The average Bonchev–Trinajstić information content (AvgIpc) is 3.19. The number of aromatic nitrogens is 1. The lowest BCUT2D eigenvalue weighted by molar-refractivity contribution is -0.197. The lowest BCUT2D eigenvalue weighted by Crippen LogP contribution is -2.42. The summed E-state index contributed by atoms with van der Waals surface area (Å²) in [7, 11) is 0. The Morgan fingerprint density at radius 2 is 1.91 bits per heavy atom. The number of nitrogens with one attached hydrogen (secondary N) is 2. The van der Waals surface area contributed by atoms with Crippen molar-refractivity contribution >= 4 is 55.9 Å². The van der Waals surface area contributed by atoms with Gasteiger partial charge in [-0.1, -0.05) is 40.6 Å². The zero-order valence-electron chi connectivity index (χ0n) is 18.2. The van der Waals surface area contributed by atoms with Crippen LogP contribution in [0.2, 0.25) is 10.0 Å².